The van der Waals surface area contributed by atoms with E-state index in [-0.39, 0.29) is 41.3 Å². The molecule has 3 aliphatic rings. The first-order valence-electron chi connectivity index (χ1n) is 9.20. The maximum atomic E-state index is 12.7. The Morgan fingerprint density at radius 3 is 2.19 bits per heavy atom. The molecule has 140 valence electrons. The van der Waals surface area contributed by atoms with Crippen LogP contribution in [0, 0.1) is 30.6 Å². The highest BCUT2D eigenvalue weighted by atomic mass is 16.5. The van der Waals surface area contributed by atoms with Gasteiger partial charge in [0.15, 0.2) is 12.4 Å². The van der Waals surface area contributed by atoms with Crippen LogP contribution in [0.25, 0.3) is 0 Å². The van der Waals surface area contributed by atoms with Crippen LogP contribution in [0.15, 0.2) is 36.4 Å². The van der Waals surface area contributed by atoms with Crippen molar-refractivity contribution in [3.63, 3.8) is 0 Å². The summed E-state index contributed by atoms with van der Waals surface area (Å²) in [7, 11) is 0. The highest BCUT2D eigenvalue weighted by Gasteiger charge is 2.60. The molecule has 2 aliphatic carbocycles. The van der Waals surface area contributed by atoms with E-state index in [1.54, 1.807) is 24.3 Å². The first-order chi connectivity index (χ1) is 12.9. The lowest BCUT2D eigenvalue weighted by Crippen LogP contribution is -2.45. The maximum Gasteiger partial charge on any atom is 0.329 e. The fourth-order valence-electron chi connectivity index (χ4n) is 4.49. The molecule has 0 unspecified atom stereocenters. The lowest BCUT2D eigenvalue weighted by atomic mass is 9.85. The second-order valence-corrected chi connectivity index (χ2v) is 7.62. The van der Waals surface area contributed by atoms with Crippen LogP contribution in [0.2, 0.25) is 0 Å². The topological polar surface area (TPSA) is 80.8 Å². The molecule has 2 fully saturated rings. The minimum absolute atomic E-state index is 0.0905. The number of fused-ring (bicyclic) bond motifs is 5. The van der Waals surface area contributed by atoms with Crippen molar-refractivity contribution in [3.05, 3.63) is 47.5 Å². The third-order valence-electron chi connectivity index (χ3n) is 5.95. The Bertz CT molecular complexity index is 826. The number of esters is 1. The van der Waals surface area contributed by atoms with Crippen molar-refractivity contribution < 1.29 is 23.9 Å². The number of hydrogen-bond acceptors (Lipinski definition) is 5. The van der Waals surface area contributed by atoms with Crippen molar-refractivity contribution in [1.82, 2.24) is 4.90 Å². The number of nitrogens with zero attached hydrogens (tertiary/aromatic N) is 1. The van der Waals surface area contributed by atoms with Crippen molar-refractivity contribution in [1.29, 1.82) is 0 Å². The number of imide groups is 1. The highest BCUT2D eigenvalue weighted by molar-refractivity contribution is 6.09. The van der Waals surface area contributed by atoms with Crippen molar-refractivity contribution >= 4 is 23.6 Å². The van der Waals surface area contributed by atoms with Gasteiger partial charge < -0.3 is 4.74 Å². The van der Waals surface area contributed by atoms with E-state index < -0.39 is 18.6 Å². The molecule has 2 bridgehead atoms. The monoisotopic (exact) mass is 367 g/mol. The molecule has 0 aromatic heterocycles. The van der Waals surface area contributed by atoms with Gasteiger partial charge in [-0.3, -0.25) is 19.3 Å². The number of benzene rings is 1. The van der Waals surface area contributed by atoms with E-state index in [4.69, 9.17) is 4.74 Å². The Morgan fingerprint density at radius 1 is 1.07 bits per heavy atom. The summed E-state index contributed by atoms with van der Waals surface area (Å²) in [5, 5.41) is 0. The zero-order valence-electron chi connectivity index (χ0n) is 15.3. The van der Waals surface area contributed by atoms with Crippen LogP contribution in [0.3, 0.4) is 0 Å². The van der Waals surface area contributed by atoms with Crippen molar-refractivity contribution in [2.75, 3.05) is 6.61 Å². The number of allylic oxidation sites excluding steroid dienone is 2. The summed E-state index contributed by atoms with van der Waals surface area (Å²) < 4.78 is 5.10. The fraction of sp³-hybridized carbons (Fsp3) is 0.429. The van der Waals surface area contributed by atoms with Crippen LogP contribution in [-0.2, 0) is 19.1 Å². The third-order valence-corrected chi connectivity index (χ3v) is 5.95. The van der Waals surface area contributed by atoms with Crippen LogP contribution in [0.1, 0.15) is 29.3 Å². The summed E-state index contributed by atoms with van der Waals surface area (Å²) in [5.41, 5.74) is 1.48. The Morgan fingerprint density at radius 2 is 1.63 bits per heavy atom. The zero-order chi connectivity index (χ0) is 19.3. The van der Waals surface area contributed by atoms with Gasteiger partial charge in [0.25, 0.3) is 0 Å². The summed E-state index contributed by atoms with van der Waals surface area (Å²) in [6, 6.07) is 5.93. The highest BCUT2D eigenvalue weighted by Crippen LogP contribution is 2.52. The van der Waals surface area contributed by atoms with Crippen LogP contribution in [0.5, 0.6) is 0 Å². The number of carbonyl (C=O) groups excluding carboxylic acids is 4. The second-order valence-electron chi connectivity index (χ2n) is 7.62. The van der Waals surface area contributed by atoms with E-state index in [2.05, 4.69) is 0 Å². The SMILES string of the molecule is Cc1ccc(C(=O)COC(=O)[C@@H](C)N2C(=O)[C@@H]3[C@@H](C2=O)[C@H]2C=C[C@@H]3C2)cc1. The number of hydrogen-bond donors (Lipinski definition) is 0. The molecule has 6 nitrogen and oxygen atoms in total. The Labute approximate surface area is 157 Å². The molecule has 1 saturated carbocycles. The van der Waals surface area contributed by atoms with E-state index in [1.165, 1.54) is 6.92 Å². The molecule has 4 rings (SSSR count). The average Bonchev–Trinajstić information content (AvgIpc) is 3.33. The van der Waals surface area contributed by atoms with Crippen LogP contribution in [0.4, 0.5) is 0 Å². The summed E-state index contributed by atoms with van der Waals surface area (Å²) >= 11 is 0. The molecule has 0 N–H and O–H groups in total. The first-order valence-corrected chi connectivity index (χ1v) is 9.20. The van der Waals surface area contributed by atoms with Gasteiger partial charge in [-0.05, 0) is 32.1 Å². The normalized spacial score (nSPS) is 29.2. The molecule has 1 aromatic carbocycles. The van der Waals surface area contributed by atoms with E-state index in [0.717, 1.165) is 16.9 Å². The average molecular weight is 367 g/mol. The quantitative estimate of drug-likeness (QED) is 0.344. The predicted molar refractivity (Wildman–Crippen MR) is 95.5 cm³/mol. The fourth-order valence-corrected chi connectivity index (χ4v) is 4.49. The Kier molecular flexibility index (Phi) is 4.21. The van der Waals surface area contributed by atoms with Gasteiger partial charge in [0.1, 0.15) is 6.04 Å². The summed E-state index contributed by atoms with van der Waals surface area (Å²) in [6.07, 6.45) is 4.85. The molecule has 6 heteroatoms. The van der Waals surface area contributed by atoms with Crippen molar-refractivity contribution in [3.8, 4) is 0 Å². The van der Waals surface area contributed by atoms with Gasteiger partial charge in [-0.25, -0.2) is 4.79 Å². The predicted octanol–water partition coefficient (Wildman–Crippen LogP) is 1.92. The molecule has 0 spiro atoms. The number of aryl methyl sites for hydroxylation is 1. The third kappa shape index (κ3) is 2.80. The molecule has 0 radical (unpaired) electrons. The van der Waals surface area contributed by atoms with E-state index >= 15 is 0 Å². The van der Waals surface area contributed by atoms with Gasteiger partial charge in [-0.15, -0.1) is 0 Å². The molecular weight excluding hydrogens is 346 g/mol. The van der Waals surface area contributed by atoms with Gasteiger partial charge >= 0.3 is 5.97 Å². The smallest absolute Gasteiger partial charge is 0.329 e. The summed E-state index contributed by atoms with van der Waals surface area (Å²) in [4.78, 5) is 51.0. The zero-order valence-corrected chi connectivity index (χ0v) is 15.3. The second kappa shape index (κ2) is 6.44. The van der Waals surface area contributed by atoms with Gasteiger partial charge in [0.05, 0.1) is 11.8 Å². The van der Waals surface area contributed by atoms with Gasteiger partial charge in [-0.2, -0.15) is 0 Å². The number of ketones is 1. The van der Waals surface area contributed by atoms with Crippen LogP contribution >= 0.6 is 0 Å². The maximum absolute atomic E-state index is 12.7. The Hall–Kier alpha value is -2.76. The molecule has 1 heterocycles. The van der Waals surface area contributed by atoms with Crippen LogP contribution < -0.4 is 0 Å². The largest absolute Gasteiger partial charge is 0.456 e. The number of rotatable bonds is 5. The van der Waals surface area contributed by atoms with E-state index in [1.807, 2.05) is 19.1 Å². The molecule has 5 atom stereocenters. The van der Waals surface area contributed by atoms with E-state index in [0.29, 0.717) is 5.56 Å². The summed E-state index contributed by atoms with van der Waals surface area (Å²) in [6.45, 7) is 2.98. The molecule has 1 aromatic rings. The van der Waals surface area contributed by atoms with Crippen LogP contribution in [-0.4, -0.2) is 41.1 Å². The lowest BCUT2D eigenvalue weighted by Gasteiger charge is -2.23. The lowest BCUT2D eigenvalue weighted by molar-refractivity contribution is -0.157. The van der Waals surface area contributed by atoms with Gasteiger partial charge in [-0.1, -0.05) is 42.0 Å². The number of amides is 2. The van der Waals surface area contributed by atoms with E-state index in [9.17, 15) is 19.2 Å². The number of carbonyl (C=O) groups is 4. The minimum Gasteiger partial charge on any atom is -0.456 e. The number of ether oxygens (including phenoxy) is 1. The number of likely N-dealkylation sites (tertiary alicyclic amines) is 1. The first kappa shape index (κ1) is 17.6. The van der Waals surface area contributed by atoms with Crippen molar-refractivity contribution in [2.24, 2.45) is 23.7 Å². The minimum atomic E-state index is -1.03. The van der Waals surface area contributed by atoms with Gasteiger partial charge in [0.2, 0.25) is 11.8 Å². The molecule has 1 aliphatic heterocycles. The molecule has 1 saturated heterocycles. The number of Topliss-reactive ketones (excluding diaryl/α,β-unsaturated/α-hetero) is 1. The molecule has 27 heavy (non-hydrogen) atoms. The van der Waals surface area contributed by atoms with Crippen molar-refractivity contribution in [2.45, 2.75) is 26.3 Å². The summed E-state index contributed by atoms with van der Waals surface area (Å²) in [5.74, 6) is -2.17. The molecular formula is C21H21NO5. The van der Waals surface area contributed by atoms with Gasteiger partial charge in [0, 0.05) is 5.56 Å². The molecule has 2 amide bonds. The Balaban J connectivity index is 1.39. The standard InChI is InChI=1S/C21H21NO5/c1-11-3-5-13(6-4-11)16(23)10-27-21(26)12(2)22-19(24)17-14-7-8-15(9-14)18(17)20(22)25/h3-8,12,14-15,17-18H,9-10H2,1-2H3/t12-,14-,15+,17+,18+/m1/s1.